The van der Waals surface area contributed by atoms with Crippen LogP contribution in [0.25, 0.3) is 0 Å². The molecule has 0 saturated heterocycles. The van der Waals surface area contributed by atoms with Crippen LogP contribution >= 0.6 is 0 Å². The number of nitrogens with two attached hydrogens (primary N) is 1. The lowest BCUT2D eigenvalue weighted by atomic mass is 10.1. The molecule has 1 aromatic carbocycles. The van der Waals surface area contributed by atoms with Gasteiger partial charge in [-0.15, -0.1) is 0 Å². The van der Waals surface area contributed by atoms with E-state index in [4.69, 9.17) is 5.11 Å². The maximum absolute atomic E-state index is 12.5. The maximum Gasteiger partial charge on any atom is 0.417 e. The van der Waals surface area contributed by atoms with Gasteiger partial charge in [0.15, 0.2) is 0 Å². The van der Waals surface area contributed by atoms with Gasteiger partial charge in [0, 0.05) is 0 Å². The van der Waals surface area contributed by atoms with Gasteiger partial charge in [0.25, 0.3) is 0 Å². The molecule has 0 bridgehead atoms. The summed E-state index contributed by atoms with van der Waals surface area (Å²) in [5.74, 6) is -1.38. The van der Waals surface area contributed by atoms with Crippen molar-refractivity contribution in [2.24, 2.45) is 5.14 Å². The number of alkyl halides is 6. The van der Waals surface area contributed by atoms with Gasteiger partial charge in [-0.1, -0.05) is 0 Å². The monoisotopic (exact) mass is 309 g/mol. The molecule has 0 amide bonds. The first-order chi connectivity index (χ1) is 8.24. The first-order valence-electron chi connectivity index (χ1n) is 4.29. The van der Waals surface area contributed by atoms with Crippen molar-refractivity contribution in [1.82, 2.24) is 0 Å². The van der Waals surface area contributed by atoms with Crippen LogP contribution in [0.3, 0.4) is 0 Å². The Morgan fingerprint density at radius 1 is 0.947 bits per heavy atom. The summed E-state index contributed by atoms with van der Waals surface area (Å²) in [6, 6.07) is -0.288. The van der Waals surface area contributed by atoms with Crippen molar-refractivity contribution in [2.45, 2.75) is 17.2 Å². The van der Waals surface area contributed by atoms with Crippen molar-refractivity contribution in [2.75, 3.05) is 0 Å². The molecule has 0 aliphatic heterocycles. The van der Waals surface area contributed by atoms with Crippen LogP contribution in [-0.4, -0.2) is 13.5 Å². The topological polar surface area (TPSA) is 80.4 Å². The second-order valence-corrected chi connectivity index (χ2v) is 4.91. The number of phenols is 1. The molecule has 1 aromatic rings. The van der Waals surface area contributed by atoms with Crippen LogP contribution in [0.1, 0.15) is 11.1 Å². The molecule has 1 rings (SSSR count). The van der Waals surface area contributed by atoms with E-state index in [1.54, 1.807) is 0 Å². The molecule has 4 nitrogen and oxygen atoms in total. The van der Waals surface area contributed by atoms with Crippen molar-refractivity contribution in [3.05, 3.63) is 23.3 Å². The third-order valence-corrected chi connectivity index (χ3v) is 2.98. The summed E-state index contributed by atoms with van der Waals surface area (Å²) in [5, 5.41) is 13.3. The van der Waals surface area contributed by atoms with Crippen molar-refractivity contribution in [3.63, 3.8) is 0 Å². The molecule has 0 spiro atoms. The van der Waals surface area contributed by atoms with Crippen molar-refractivity contribution in [3.8, 4) is 5.75 Å². The molecule has 0 aliphatic rings. The minimum absolute atomic E-state index is 0.144. The summed E-state index contributed by atoms with van der Waals surface area (Å²) >= 11 is 0. The first kappa shape index (κ1) is 15.6. The molecule has 3 N–H and O–H groups in total. The highest BCUT2D eigenvalue weighted by atomic mass is 32.2. The Hall–Kier alpha value is -1.49. The van der Waals surface area contributed by atoms with Gasteiger partial charge in [0.2, 0.25) is 10.0 Å². The van der Waals surface area contributed by atoms with E-state index >= 15 is 0 Å². The summed E-state index contributed by atoms with van der Waals surface area (Å²) in [6.07, 6.45) is -10.9. The average Bonchev–Trinajstić information content (AvgIpc) is 2.11. The van der Waals surface area contributed by atoms with E-state index in [0.29, 0.717) is 0 Å². The Labute approximate surface area is 102 Å². The number of aromatic hydroxyl groups is 1. The molecule has 0 fully saturated rings. The summed E-state index contributed by atoms with van der Waals surface area (Å²) in [5.41, 5.74) is -4.36. The fourth-order valence-corrected chi connectivity index (χ4v) is 2.30. The van der Waals surface area contributed by atoms with Crippen LogP contribution in [0.2, 0.25) is 0 Å². The predicted octanol–water partition coefficient (Wildman–Crippen LogP) is 2.08. The second-order valence-electron chi connectivity index (χ2n) is 3.41. The van der Waals surface area contributed by atoms with Crippen LogP contribution in [0.15, 0.2) is 17.0 Å². The number of benzene rings is 1. The number of hydrogen-bond acceptors (Lipinski definition) is 3. The van der Waals surface area contributed by atoms with Crippen LogP contribution in [0, 0.1) is 0 Å². The molecule has 0 unspecified atom stereocenters. The first-order valence-corrected chi connectivity index (χ1v) is 5.83. The number of halogens is 6. The molecule has 0 heterocycles. The Morgan fingerprint density at radius 3 is 1.47 bits per heavy atom. The largest absolute Gasteiger partial charge is 0.508 e. The van der Waals surface area contributed by atoms with Crippen LogP contribution in [-0.2, 0) is 22.4 Å². The predicted molar refractivity (Wildman–Crippen MR) is 49.5 cm³/mol. The molecule has 0 radical (unpaired) electrons. The number of phenolic OH excluding ortho intramolecular Hbond substituents is 1. The highest BCUT2D eigenvalue weighted by Gasteiger charge is 2.44. The maximum atomic E-state index is 12.5. The van der Waals surface area contributed by atoms with Crippen molar-refractivity contribution >= 4 is 10.0 Å². The Morgan fingerprint density at radius 2 is 1.26 bits per heavy atom. The van der Waals surface area contributed by atoms with Gasteiger partial charge in [0.05, 0.1) is 11.1 Å². The lowest BCUT2D eigenvalue weighted by molar-refractivity contribution is -0.147. The quantitative estimate of drug-likeness (QED) is 0.779. The molecule has 0 atom stereocenters. The Bertz CT molecular complexity index is 569. The van der Waals surface area contributed by atoms with E-state index in [2.05, 4.69) is 5.14 Å². The van der Waals surface area contributed by atoms with Crippen LogP contribution in [0.4, 0.5) is 26.3 Å². The van der Waals surface area contributed by atoms with Crippen LogP contribution < -0.4 is 5.14 Å². The summed E-state index contributed by atoms with van der Waals surface area (Å²) < 4.78 is 97.1. The minimum atomic E-state index is -5.43. The molecular weight excluding hydrogens is 304 g/mol. The second kappa shape index (κ2) is 4.27. The van der Waals surface area contributed by atoms with E-state index in [9.17, 15) is 34.8 Å². The summed E-state index contributed by atoms with van der Waals surface area (Å²) in [6.45, 7) is 0. The van der Waals surface area contributed by atoms with E-state index in [1.807, 2.05) is 0 Å². The zero-order chi connectivity index (χ0) is 15.2. The van der Waals surface area contributed by atoms with Crippen molar-refractivity contribution < 1.29 is 39.9 Å². The number of hydrogen-bond donors (Lipinski definition) is 2. The number of primary sulfonamides is 1. The fourth-order valence-electron chi connectivity index (χ4n) is 1.34. The normalized spacial score (nSPS) is 13.6. The zero-order valence-electron chi connectivity index (χ0n) is 8.67. The lowest BCUT2D eigenvalue weighted by Gasteiger charge is -2.17. The van der Waals surface area contributed by atoms with E-state index in [-0.39, 0.29) is 12.1 Å². The van der Waals surface area contributed by atoms with Crippen LogP contribution in [0.5, 0.6) is 5.75 Å². The highest BCUT2D eigenvalue weighted by molar-refractivity contribution is 7.89. The van der Waals surface area contributed by atoms with Gasteiger partial charge in [-0.25, -0.2) is 13.6 Å². The zero-order valence-corrected chi connectivity index (χ0v) is 9.49. The van der Waals surface area contributed by atoms with E-state index in [0.717, 1.165) is 0 Å². The van der Waals surface area contributed by atoms with Gasteiger partial charge in [-0.05, 0) is 12.1 Å². The smallest absolute Gasteiger partial charge is 0.417 e. The standard InChI is InChI=1S/C8H5F6NO3S/c9-7(10,11)4-1-3(16)2-5(8(12,13)14)6(4)19(15,17)18/h1-2,16H,(H2,15,17,18). The average molecular weight is 309 g/mol. The molecule has 19 heavy (non-hydrogen) atoms. The SMILES string of the molecule is NS(=O)(=O)c1c(C(F)(F)F)cc(O)cc1C(F)(F)F. The number of rotatable bonds is 1. The van der Waals surface area contributed by atoms with Gasteiger partial charge < -0.3 is 5.11 Å². The Balaban J connectivity index is 3.91. The number of sulfonamides is 1. The highest BCUT2D eigenvalue weighted by Crippen LogP contribution is 2.43. The Kier molecular flexibility index (Phi) is 3.50. The third-order valence-electron chi connectivity index (χ3n) is 1.97. The van der Waals surface area contributed by atoms with E-state index in [1.165, 1.54) is 0 Å². The minimum Gasteiger partial charge on any atom is -0.508 e. The van der Waals surface area contributed by atoms with Gasteiger partial charge in [0.1, 0.15) is 10.6 Å². The van der Waals surface area contributed by atoms with Gasteiger partial charge >= 0.3 is 12.4 Å². The third kappa shape index (κ3) is 3.29. The molecule has 108 valence electrons. The molecule has 0 saturated carbocycles. The molecule has 11 heteroatoms. The van der Waals surface area contributed by atoms with Gasteiger partial charge in [-0.3, -0.25) is 0 Å². The molecule has 0 aromatic heterocycles. The summed E-state index contributed by atoms with van der Waals surface area (Å²) in [7, 11) is -5.30. The van der Waals surface area contributed by atoms with E-state index < -0.39 is 44.1 Å². The summed E-state index contributed by atoms with van der Waals surface area (Å²) in [4.78, 5) is -2.12. The van der Waals surface area contributed by atoms with Crippen molar-refractivity contribution in [1.29, 1.82) is 0 Å². The van der Waals surface area contributed by atoms with Gasteiger partial charge in [-0.2, -0.15) is 26.3 Å². The molecule has 0 aliphatic carbocycles. The fraction of sp³-hybridized carbons (Fsp3) is 0.250. The lowest BCUT2D eigenvalue weighted by Crippen LogP contribution is -2.24. The molecular formula is C8H5F6NO3S.